The average molecular weight is 285 g/mol. The van der Waals surface area contributed by atoms with E-state index in [-0.39, 0.29) is 11.4 Å². The van der Waals surface area contributed by atoms with Gasteiger partial charge >= 0.3 is 0 Å². The molecule has 1 fully saturated rings. The maximum Gasteiger partial charge on any atom is 0.242 e. The first kappa shape index (κ1) is 14.3. The van der Waals surface area contributed by atoms with E-state index in [1.165, 1.54) is 6.07 Å². The van der Waals surface area contributed by atoms with Crippen LogP contribution in [-0.2, 0) is 14.8 Å². The Morgan fingerprint density at radius 2 is 2.16 bits per heavy atom. The number of hydrazine groups is 1. The molecule has 1 aromatic rings. The number of hydrogen-bond donors (Lipinski definition) is 3. The second-order valence-corrected chi connectivity index (χ2v) is 6.60. The number of ether oxygens (including phenoxy) is 1. The van der Waals surface area contributed by atoms with Crippen molar-refractivity contribution in [3.63, 3.8) is 0 Å². The predicted molar refractivity (Wildman–Crippen MR) is 73.0 cm³/mol. The molecular weight excluding hydrogens is 266 g/mol. The Balaban J connectivity index is 2.14. The van der Waals surface area contributed by atoms with Gasteiger partial charge in [-0.1, -0.05) is 12.1 Å². The first-order chi connectivity index (χ1) is 8.97. The zero-order chi connectivity index (χ0) is 13.9. The molecule has 19 heavy (non-hydrogen) atoms. The fourth-order valence-electron chi connectivity index (χ4n) is 2.12. The molecule has 1 aromatic carbocycles. The molecule has 1 unspecified atom stereocenters. The van der Waals surface area contributed by atoms with Crippen molar-refractivity contribution in [2.75, 3.05) is 18.6 Å². The lowest BCUT2D eigenvalue weighted by Crippen LogP contribution is -2.40. The Labute approximate surface area is 113 Å². The zero-order valence-electron chi connectivity index (χ0n) is 10.8. The fraction of sp³-hybridized carbons (Fsp3) is 0.500. The van der Waals surface area contributed by atoms with E-state index >= 15 is 0 Å². The van der Waals surface area contributed by atoms with Gasteiger partial charge in [0.15, 0.2) is 0 Å². The number of para-hydroxylation sites is 1. The summed E-state index contributed by atoms with van der Waals surface area (Å²) in [6, 6.07) is 6.50. The van der Waals surface area contributed by atoms with Gasteiger partial charge in [0, 0.05) is 13.2 Å². The molecule has 7 heteroatoms. The Morgan fingerprint density at radius 3 is 2.79 bits per heavy atom. The first-order valence-corrected chi connectivity index (χ1v) is 7.64. The molecule has 1 saturated heterocycles. The van der Waals surface area contributed by atoms with Gasteiger partial charge in [-0.05, 0) is 31.9 Å². The third-order valence-electron chi connectivity index (χ3n) is 3.27. The van der Waals surface area contributed by atoms with Gasteiger partial charge in [0.05, 0.1) is 11.3 Å². The minimum atomic E-state index is -3.60. The molecule has 0 aliphatic carbocycles. The van der Waals surface area contributed by atoms with Crippen LogP contribution in [0, 0.1) is 0 Å². The number of nitrogens with one attached hydrogen (secondary N) is 2. The van der Waals surface area contributed by atoms with Crippen molar-refractivity contribution in [2.45, 2.75) is 30.3 Å². The van der Waals surface area contributed by atoms with Gasteiger partial charge < -0.3 is 10.2 Å². The third kappa shape index (κ3) is 3.24. The van der Waals surface area contributed by atoms with Gasteiger partial charge in [-0.3, -0.25) is 5.84 Å². The Hall–Kier alpha value is -1.15. The highest BCUT2D eigenvalue weighted by Crippen LogP contribution is 2.25. The number of nitrogens with two attached hydrogens (primary N) is 1. The van der Waals surface area contributed by atoms with Crippen molar-refractivity contribution in [1.29, 1.82) is 0 Å². The van der Waals surface area contributed by atoms with Crippen LogP contribution in [0.3, 0.4) is 0 Å². The topological polar surface area (TPSA) is 93.5 Å². The van der Waals surface area contributed by atoms with Gasteiger partial charge in [-0.2, -0.15) is 0 Å². The number of hydrogen-bond acceptors (Lipinski definition) is 5. The summed E-state index contributed by atoms with van der Waals surface area (Å²) in [5.74, 6) is 5.32. The molecule has 0 aromatic heterocycles. The summed E-state index contributed by atoms with van der Waals surface area (Å²) in [7, 11) is -3.60. The van der Waals surface area contributed by atoms with Crippen LogP contribution in [0.5, 0.6) is 0 Å². The van der Waals surface area contributed by atoms with Gasteiger partial charge in [-0.25, -0.2) is 13.1 Å². The number of anilines is 1. The quantitative estimate of drug-likeness (QED) is 0.550. The molecule has 2 rings (SSSR count). The first-order valence-electron chi connectivity index (χ1n) is 6.16. The largest absolute Gasteiger partial charge is 0.374 e. The summed E-state index contributed by atoms with van der Waals surface area (Å²) >= 11 is 0. The summed E-state index contributed by atoms with van der Waals surface area (Å²) in [6.07, 6.45) is 1.81. The van der Waals surface area contributed by atoms with Crippen molar-refractivity contribution in [3.05, 3.63) is 24.3 Å². The molecule has 106 valence electrons. The Kier molecular flexibility index (Phi) is 4.10. The van der Waals surface area contributed by atoms with Crippen LogP contribution in [-0.4, -0.2) is 27.2 Å². The fourth-order valence-corrected chi connectivity index (χ4v) is 3.45. The van der Waals surface area contributed by atoms with Crippen molar-refractivity contribution in [3.8, 4) is 0 Å². The molecule has 6 nitrogen and oxygen atoms in total. The molecule has 0 radical (unpaired) electrons. The normalized spacial score (nSPS) is 23.5. The number of benzene rings is 1. The summed E-state index contributed by atoms with van der Waals surface area (Å²) in [4.78, 5) is 0.138. The Bertz CT molecular complexity index is 539. The minimum Gasteiger partial charge on any atom is -0.374 e. The van der Waals surface area contributed by atoms with Gasteiger partial charge in [0.1, 0.15) is 4.90 Å². The highest BCUT2D eigenvalue weighted by molar-refractivity contribution is 7.89. The van der Waals surface area contributed by atoms with Crippen molar-refractivity contribution in [2.24, 2.45) is 5.84 Å². The molecule has 1 aliphatic rings. The van der Waals surface area contributed by atoms with E-state index in [1.54, 1.807) is 18.2 Å². The van der Waals surface area contributed by atoms with E-state index in [9.17, 15) is 8.42 Å². The highest BCUT2D eigenvalue weighted by atomic mass is 32.2. The summed E-state index contributed by atoms with van der Waals surface area (Å²) in [5, 5.41) is 0. The lowest BCUT2D eigenvalue weighted by molar-refractivity contribution is 0.0250. The second-order valence-electron chi connectivity index (χ2n) is 4.87. The molecule has 0 spiro atoms. The molecule has 4 N–H and O–H groups in total. The molecule has 1 atom stereocenters. The van der Waals surface area contributed by atoms with E-state index in [0.29, 0.717) is 12.3 Å². The monoisotopic (exact) mass is 285 g/mol. The van der Waals surface area contributed by atoms with Gasteiger partial charge in [0.25, 0.3) is 0 Å². The summed E-state index contributed by atoms with van der Waals surface area (Å²) in [5.41, 5.74) is 2.34. The maximum atomic E-state index is 12.2. The van der Waals surface area contributed by atoms with Crippen molar-refractivity contribution >= 4 is 15.7 Å². The molecule has 0 saturated carbocycles. The number of sulfonamides is 1. The zero-order valence-corrected chi connectivity index (χ0v) is 11.7. The van der Waals surface area contributed by atoms with Crippen molar-refractivity contribution in [1.82, 2.24) is 4.72 Å². The van der Waals surface area contributed by atoms with E-state index in [0.717, 1.165) is 12.8 Å². The van der Waals surface area contributed by atoms with E-state index in [4.69, 9.17) is 10.6 Å². The molecule has 0 bridgehead atoms. The lowest BCUT2D eigenvalue weighted by Gasteiger charge is -2.23. The van der Waals surface area contributed by atoms with Crippen LogP contribution in [0.1, 0.15) is 19.8 Å². The van der Waals surface area contributed by atoms with Crippen LogP contribution in [0.4, 0.5) is 5.69 Å². The van der Waals surface area contributed by atoms with Crippen LogP contribution in [0.25, 0.3) is 0 Å². The maximum absolute atomic E-state index is 12.2. The smallest absolute Gasteiger partial charge is 0.242 e. The van der Waals surface area contributed by atoms with Crippen LogP contribution in [0.2, 0.25) is 0 Å². The SMILES string of the molecule is CC1(CNS(=O)(=O)c2ccccc2NN)CCCO1. The highest BCUT2D eigenvalue weighted by Gasteiger charge is 2.31. The summed E-state index contributed by atoms with van der Waals surface area (Å²) in [6.45, 7) is 2.85. The average Bonchev–Trinajstić information content (AvgIpc) is 2.84. The van der Waals surface area contributed by atoms with Crippen LogP contribution >= 0.6 is 0 Å². The van der Waals surface area contributed by atoms with Crippen molar-refractivity contribution < 1.29 is 13.2 Å². The summed E-state index contributed by atoms with van der Waals surface area (Å²) < 4.78 is 32.6. The third-order valence-corrected chi connectivity index (χ3v) is 4.73. The van der Waals surface area contributed by atoms with E-state index in [2.05, 4.69) is 10.1 Å². The molecule has 1 heterocycles. The van der Waals surface area contributed by atoms with Crippen LogP contribution in [0.15, 0.2) is 29.2 Å². The van der Waals surface area contributed by atoms with Crippen LogP contribution < -0.4 is 16.0 Å². The predicted octanol–water partition coefficient (Wildman–Crippen LogP) is 0.820. The van der Waals surface area contributed by atoms with Gasteiger partial charge in [-0.15, -0.1) is 0 Å². The molecule has 1 aliphatic heterocycles. The number of nitrogen functional groups attached to an aromatic ring is 1. The second kappa shape index (κ2) is 5.46. The Morgan fingerprint density at radius 1 is 1.42 bits per heavy atom. The standard InChI is InChI=1S/C12H19N3O3S/c1-12(7-4-8-18-12)9-14-19(16,17)11-6-3-2-5-10(11)15-13/h2-3,5-6,14-15H,4,7-9,13H2,1H3. The molecular formula is C12H19N3O3S. The van der Waals surface area contributed by atoms with E-state index < -0.39 is 15.6 Å². The minimum absolute atomic E-state index is 0.138. The lowest BCUT2D eigenvalue weighted by atomic mass is 10.0. The molecule has 0 amide bonds. The van der Waals surface area contributed by atoms with Gasteiger partial charge in [0.2, 0.25) is 10.0 Å². The van der Waals surface area contributed by atoms with E-state index in [1.807, 2.05) is 6.92 Å². The number of rotatable bonds is 5.